The van der Waals surface area contributed by atoms with Crippen LogP contribution < -0.4 is 24.9 Å². The van der Waals surface area contributed by atoms with Gasteiger partial charge in [0.1, 0.15) is 0 Å². The summed E-state index contributed by atoms with van der Waals surface area (Å²) in [5.74, 6) is 0. The minimum atomic E-state index is -5.75. The molecular weight excluding hydrogens is 630 g/mol. The summed E-state index contributed by atoms with van der Waals surface area (Å²) in [6.45, 7) is 0. The number of rotatable bonds is 0. The van der Waals surface area contributed by atoms with Gasteiger partial charge in [-0.2, -0.15) is 0 Å². The van der Waals surface area contributed by atoms with E-state index in [4.69, 9.17) is 89.9 Å². The van der Waals surface area contributed by atoms with Crippen LogP contribution in [0.5, 0.6) is 0 Å². The molecule has 0 rings (SSSR count). The Morgan fingerprint density at radius 2 is 0.414 bits per heavy atom. The first-order chi connectivity index (χ1) is 11.2. The second-order valence-corrected chi connectivity index (χ2v) is 7.59. The van der Waals surface area contributed by atoms with E-state index in [0.29, 0.717) is 0 Å². The summed E-state index contributed by atoms with van der Waals surface area (Å²) in [7, 11) is -9.39. The maximum atomic E-state index is 8.74. The Hall–Kier alpha value is 0.0730. The molecule has 29 heteroatoms. The first-order valence-corrected chi connectivity index (χ1v) is 14.1. The summed E-state index contributed by atoms with van der Waals surface area (Å²) >= 11 is -17.2. The maximum absolute atomic E-state index is 8.74. The van der Waals surface area contributed by atoms with Gasteiger partial charge in [0.15, 0.2) is 0 Å². The summed E-state index contributed by atoms with van der Waals surface area (Å²) in [4.78, 5) is 42.9. The monoisotopic (exact) mass is 636 g/mol. The van der Waals surface area contributed by atoms with E-state index in [0.717, 1.165) is 0 Å². The second-order valence-electron chi connectivity index (χ2n) is 2.07. The van der Waals surface area contributed by atoms with E-state index < -0.39 is 68.4 Å². The Labute approximate surface area is 191 Å². The van der Waals surface area contributed by atoms with Crippen molar-refractivity contribution < 1.29 is 131 Å². The molecule has 0 aliphatic carbocycles. The Kier molecular flexibility index (Phi) is 49.9. The van der Waals surface area contributed by atoms with Crippen LogP contribution in [0.2, 0.25) is 0 Å². The van der Waals surface area contributed by atoms with E-state index >= 15 is 0 Å². The van der Waals surface area contributed by atoms with Crippen molar-refractivity contribution in [2.24, 2.45) is 0 Å². The van der Waals surface area contributed by atoms with Gasteiger partial charge >= 0.3 is 151 Å². The quantitative estimate of drug-likeness (QED) is 0.134. The molecule has 0 spiro atoms. The predicted molar refractivity (Wildman–Crippen MR) is 48.3 cm³/mol. The van der Waals surface area contributed by atoms with Crippen molar-refractivity contribution in [1.29, 1.82) is 0 Å². The van der Waals surface area contributed by atoms with E-state index in [1.807, 2.05) is 0 Å². The molecule has 0 fully saturated rings. The molecular formula is H6Al2Cr3O21Si3. The fourth-order valence-electron chi connectivity index (χ4n) is 0. The molecule has 0 atom stereocenters. The molecule has 0 aromatic carbocycles. The predicted octanol–water partition coefficient (Wildman–Crippen LogP) is -13.5. The van der Waals surface area contributed by atoms with Crippen molar-refractivity contribution in [2.75, 3.05) is 0 Å². The molecule has 21 nitrogen and oxygen atoms in total. The van der Waals surface area contributed by atoms with Gasteiger partial charge in [-0.25, -0.2) is 0 Å². The number of hydrogen-bond donors (Lipinski definition) is 6. The normalized spacial score (nSPS) is 8.48. The van der Waals surface area contributed by atoms with Crippen LogP contribution in [-0.4, -0.2) is 91.0 Å². The zero-order chi connectivity index (χ0) is 24.2. The van der Waals surface area contributed by atoms with Crippen molar-refractivity contribution in [3.05, 3.63) is 0 Å². The van der Waals surface area contributed by atoms with Crippen LogP contribution in [0.1, 0.15) is 0 Å². The van der Waals surface area contributed by atoms with Crippen LogP contribution in [0, 0.1) is 0 Å². The van der Waals surface area contributed by atoms with Crippen molar-refractivity contribution >= 4 is 62.2 Å². The second kappa shape index (κ2) is 28.1. The van der Waals surface area contributed by atoms with Crippen LogP contribution in [0.15, 0.2) is 0 Å². The van der Waals surface area contributed by atoms with Crippen LogP contribution in [0.4, 0.5) is 0 Å². The fraction of sp³-hybridized carbons (Fsp3) is 0. The molecule has 0 saturated carbocycles. The molecule has 0 saturated heterocycles. The Bertz CT molecular complexity index is 564. The van der Waals surface area contributed by atoms with Gasteiger partial charge in [-0.1, -0.05) is 0 Å². The van der Waals surface area contributed by atoms with Gasteiger partial charge < -0.3 is 28.8 Å². The van der Waals surface area contributed by atoms with Gasteiger partial charge in [-0.05, 0) is 0 Å². The molecule has 0 bridgehead atoms. The summed E-state index contributed by atoms with van der Waals surface area (Å²) in [5, 5.41) is 0. The van der Waals surface area contributed by atoms with Crippen molar-refractivity contribution in [2.45, 2.75) is 0 Å². The van der Waals surface area contributed by atoms with Crippen LogP contribution in [0.3, 0.4) is 0 Å². The molecule has 29 heavy (non-hydrogen) atoms. The van der Waals surface area contributed by atoms with E-state index in [1.165, 1.54) is 0 Å². The number of hydrogen-bond acceptors (Lipinski definition) is 15. The van der Waals surface area contributed by atoms with E-state index in [1.54, 1.807) is 0 Å². The van der Waals surface area contributed by atoms with Crippen LogP contribution in [-0.2, 0) is 77.0 Å². The molecule has 6 N–H and O–H groups in total. The first-order valence-electron chi connectivity index (χ1n) is 3.95. The van der Waals surface area contributed by atoms with Gasteiger partial charge in [0.25, 0.3) is 0 Å². The molecule has 0 aliphatic heterocycles. The SMILES string of the molecule is O=[Si](O)O.O=[Si](O)O.O=[Si](O)O.[Al+3].[Al+3].[O]=[Cr](=[O])([O-])[O-].[O]=[Cr](=[O])([O-])[O-].[O]=[Cr](=[O])([O-])[O-]. The molecule has 0 aromatic heterocycles. The average molecular weight is 636 g/mol. The Balaban J connectivity index is -0.0000000301. The molecule has 0 unspecified atom stereocenters. The third kappa shape index (κ3) is 3580000. The summed E-state index contributed by atoms with van der Waals surface area (Å²) in [6.07, 6.45) is 0. The molecule has 168 valence electrons. The van der Waals surface area contributed by atoms with Gasteiger partial charge in [0.2, 0.25) is 0 Å². The van der Waals surface area contributed by atoms with Gasteiger partial charge in [-0.15, -0.1) is 0 Å². The molecule has 0 radical (unpaired) electrons. The summed E-state index contributed by atoms with van der Waals surface area (Å²) in [5.41, 5.74) is 0. The molecule has 0 heterocycles. The zero-order valence-electron chi connectivity index (χ0n) is 12.7. The zero-order valence-corrected chi connectivity index (χ0v) is 21.8. The Morgan fingerprint density at radius 3 is 0.414 bits per heavy atom. The van der Waals surface area contributed by atoms with Crippen LogP contribution >= 0.6 is 0 Å². The van der Waals surface area contributed by atoms with Crippen molar-refractivity contribution in [1.82, 2.24) is 0 Å². The minimum absolute atomic E-state index is 0. The van der Waals surface area contributed by atoms with Gasteiger partial charge in [0, 0.05) is 0 Å². The molecule has 0 aliphatic rings. The topological polar surface area (TPSA) is 413 Å². The first kappa shape index (κ1) is 51.6. The van der Waals surface area contributed by atoms with E-state index in [9.17, 15) is 0 Å². The summed E-state index contributed by atoms with van der Waals surface area (Å²) < 4.78 is 129. The van der Waals surface area contributed by atoms with E-state index in [-0.39, 0.29) is 34.7 Å². The fourth-order valence-corrected chi connectivity index (χ4v) is 0. The standard InChI is InChI=1S/2Al.3Cr.3H2O3Si.12O/c;;;;;3*1-4(2)3;;;;;;;;;;;;/h;;;;;3*1-2H;;;;;;;;;;;;/q2*+3;;;;;;;;;;;;;6*-1. The van der Waals surface area contributed by atoms with Crippen molar-refractivity contribution in [3.8, 4) is 0 Å². The molecule has 0 aromatic rings. The third-order valence-corrected chi connectivity index (χ3v) is 0. The van der Waals surface area contributed by atoms with Crippen molar-refractivity contribution in [3.63, 3.8) is 0 Å². The molecule has 0 amide bonds. The van der Waals surface area contributed by atoms with Gasteiger partial charge in [-0.3, -0.25) is 13.4 Å². The van der Waals surface area contributed by atoms with E-state index in [2.05, 4.69) is 0 Å². The average Bonchev–Trinajstić information content (AvgIpc) is 2.01. The Morgan fingerprint density at radius 1 is 0.414 bits per heavy atom. The third-order valence-electron chi connectivity index (χ3n) is 0. The van der Waals surface area contributed by atoms with Crippen LogP contribution in [0.25, 0.3) is 0 Å². The summed E-state index contributed by atoms with van der Waals surface area (Å²) in [6, 6.07) is 0. The van der Waals surface area contributed by atoms with Gasteiger partial charge in [0.05, 0.1) is 0 Å².